The number of rotatable bonds is 12. The zero-order valence-electron chi connectivity index (χ0n) is 17.4. The number of hydrogen-bond donors (Lipinski definition) is 2. The molecular formula is C23H35N3OS. The molecule has 0 amide bonds. The number of nitrogens with one attached hydrogen (secondary N) is 2. The van der Waals surface area contributed by atoms with Crippen LogP contribution in [0.3, 0.4) is 0 Å². The highest BCUT2D eigenvalue weighted by molar-refractivity contribution is 7.97. The zero-order valence-corrected chi connectivity index (χ0v) is 18.2. The van der Waals surface area contributed by atoms with Crippen LogP contribution in [0.4, 0.5) is 0 Å². The molecule has 1 saturated heterocycles. The average Bonchev–Trinajstić information content (AvgIpc) is 3.25. The second-order valence-corrected chi connectivity index (χ2v) is 8.24. The molecule has 1 aromatic heterocycles. The number of allylic oxidation sites excluding steroid dienone is 7. The van der Waals surface area contributed by atoms with Gasteiger partial charge in [-0.3, -0.25) is 4.72 Å². The highest BCUT2D eigenvalue weighted by Crippen LogP contribution is 2.24. The third kappa shape index (κ3) is 8.63. The van der Waals surface area contributed by atoms with Crippen LogP contribution in [0.2, 0.25) is 0 Å². The predicted octanol–water partition coefficient (Wildman–Crippen LogP) is 5.71. The molecule has 0 unspecified atom stereocenters. The lowest BCUT2D eigenvalue weighted by molar-refractivity contribution is 0.0727. The Morgan fingerprint density at radius 2 is 2.21 bits per heavy atom. The maximum atomic E-state index is 5.42. The normalized spacial score (nSPS) is 17.1. The highest BCUT2D eigenvalue weighted by atomic mass is 32.2. The lowest BCUT2D eigenvalue weighted by Gasteiger charge is -2.21. The van der Waals surface area contributed by atoms with Gasteiger partial charge in [0.1, 0.15) is 0 Å². The number of hydrogen-bond acceptors (Lipinski definition) is 4. The molecule has 1 aliphatic rings. The fourth-order valence-corrected chi connectivity index (χ4v) is 4.08. The van der Waals surface area contributed by atoms with E-state index in [1.165, 1.54) is 35.3 Å². The summed E-state index contributed by atoms with van der Waals surface area (Å²) in [6.07, 6.45) is 17.5. The number of H-pyrrole nitrogens is 1. The molecule has 4 nitrogen and oxygen atoms in total. The molecule has 0 aromatic carbocycles. The van der Waals surface area contributed by atoms with Gasteiger partial charge in [-0.05, 0) is 57.4 Å². The first-order valence-electron chi connectivity index (χ1n) is 10.3. The standard InChI is InChI=1S/C23H35N3OS/c1-4-5-8-19(2)20(3)15-22(23-16-24-18-25-23)9-6-7-12-26-28-17-21-10-13-27-14-11-21/h4-5,8-9,16,18,21,26H,1,6-7,10-15,17H2,2-3H3,(H,24,25)/b8-5-,20-19-,22-9-. The van der Waals surface area contributed by atoms with Crippen LogP contribution < -0.4 is 4.72 Å². The molecule has 2 rings (SSSR count). The topological polar surface area (TPSA) is 49.9 Å². The van der Waals surface area contributed by atoms with Gasteiger partial charge in [-0.15, -0.1) is 0 Å². The van der Waals surface area contributed by atoms with Crippen molar-refractivity contribution in [1.29, 1.82) is 0 Å². The quantitative estimate of drug-likeness (QED) is 0.268. The maximum Gasteiger partial charge on any atom is 0.0924 e. The molecule has 2 heterocycles. The molecule has 5 heteroatoms. The summed E-state index contributed by atoms with van der Waals surface area (Å²) in [4.78, 5) is 7.45. The van der Waals surface area contributed by atoms with Gasteiger partial charge in [-0.2, -0.15) is 0 Å². The Morgan fingerprint density at radius 1 is 1.39 bits per heavy atom. The lowest BCUT2D eigenvalue weighted by Crippen LogP contribution is -2.19. The molecule has 0 radical (unpaired) electrons. The molecule has 2 N–H and O–H groups in total. The Bertz CT molecular complexity index is 655. The fraction of sp³-hybridized carbons (Fsp3) is 0.522. The summed E-state index contributed by atoms with van der Waals surface area (Å²) >= 11 is 1.87. The molecule has 0 saturated carbocycles. The Hall–Kier alpha value is -1.56. The first kappa shape index (κ1) is 22.7. The Balaban J connectivity index is 1.77. The maximum absolute atomic E-state index is 5.42. The third-order valence-corrected chi connectivity index (χ3v) is 6.14. The highest BCUT2D eigenvalue weighted by Gasteiger charge is 2.13. The minimum Gasteiger partial charge on any atom is -0.381 e. The second-order valence-electron chi connectivity index (χ2n) is 7.33. The van der Waals surface area contributed by atoms with Crippen LogP contribution in [0.1, 0.15) is 51.6 Å². The molecule has 0 spiro atoms. The number of unbranched alkanes of at least 4 members (excludes halogenated alkanes) is 1. The van der Waals surface area contributed by atoms with E-state index in [9.17, 15) is 0 Å². The summed E-state index contributed by atoms with van der Waals surface area (Å²) < 4.78 is 8.94. The van der Waals surface area contributed by atoms with Gasteiger partial charge in [0.2, 0.25) is 0 Å². The molecule has 0 aliphatic carbocycles. The van der Waals surface area contributed by atoms with Crippen LogP contribution in [0, 0.1) is 5.92 Å². The van der Waals surface area contributed by atoms with Crippen molar-refractivity contribution in [2.24, 2.45) is 5.92 Å². The fourth-order valence-electron chi connectivity index (χ4n) is 3.10. The van der Waals surface area contributed by atoms with Crippen LogP contribution >= 0.6 is 11.9 Å². The van der Waals surface area contributed by atoms with Crippen LogP contribution in [0.25, 0.3) is 5.57 Å². The summed E-state index contributed by atoms with van der Waals surface area (Å²) in [5, 5.41) is 0. The van der Waals surface area contributed by atoms with Crippen LogP contribution in [-0.2, 0) is 4.74 Å². The van der Waals surface area contributed by atoms with Gasteiger partial charge in [-0.1, -0.05) is 54.0 Å². The van der Waals surface area contributed by atoms with Gasteiger partial charge in [-0.25, -0.2) is 4.98 Å². The Morgan fingerprint density at radius 3 is 2.93 bits per heavy atom. The van der Waals surface area contributed by atoms with Crippen molar-refractivity contribution in [3.63, 3.8) is 0 Å². The minimum atomic E-state index is 0.811. The van der Waals surface area contributed by atoms with Crippen molar-refractivity contribution >= 4 is 17.5 Å². The first-order valence-corrected chi connectivity index (χ1v) is 11.2. The molecule has 28 heavy (non-hydrogen) atoms. The van der Waals surface area contributed by atoms with Crippen molar-refractivity contribution in [3.05, 3.63) is 60.2 Å². The van der Waals surface area contributed by atoms with E-state index in [-0.39, 0.29) is 0 Å². The molecule has 1 aromatic rings. The summed E-state index contributed by atoms with van der Waals surface area (Å²) in [7, 11) is 0. The van der Waals surface area contributed by atoms with Crippen molar-refractivity contribution in [2.75, 3.05) is 25.5 Å². The summed E-state index contributed by atoms with van der Waals surface area (Å²) in [5.41, 5.74) is 5.08. The number of nitrogens with zero attached hydrogens (tertiary/aromatic N) is 1. The van der Waals surface area contributed by atoms with Crippen LogP contribution in [0.15, 0.2) is 54.6 Å². The lowest BCUT2D eigenvalue weighted by atomic mass is 9.98. The average molecular weight is 402 g/mol. The minimum absolute atomic E-state index is 0.811. The summed E-state index contributed by atoms with van der Waals surface area (Å²) in [5.74, 6) is 2.01. The Labute approximate surface area is 174 Å². The molecule has 1 fully saturated rings. The van der Waals surface area contributed by atoms with Crippen LogP contribution in [0.5, 0.6) is 0 Å². The molecule has 0 bridgehead atoms. The summed E-state index contributed by atoms with van der Waals surface area (Å²) in [6.45, 7) is 11.0. The van der Waals surface area contributed by atoms with Crippen molar-refractivity contribution < 1.29 is 4.74 Å². The van der Waals surface area contributed by atoms with Gasteiger partial charge in [0.25, 0.3) is 0 Å². The van der Waals surface area contributed by atoms with E-state index in [0.29, 0.717) is 0 Å². The number of ether oxygens (including phenoxy) is 1. The van der Waals surface area contributed by atoms with Crippen molar-refractivity contribution in [1.82, 2.24) is 14.7 Å². The number of aromatic amines is 1. The molecule has 1 aliphatic heterocycles. The van der Waals surface area contributed by atoms with Crippen molar-refractivity contribution in [3.8, 4) is 0 Å². The largest absolute Gasteiger partial charge is 0.381 e. The first-order chi connectivity index (χ1) is 13.7. The van der Waals surface area contributed by atoms with E-state index < -0.39 is 0 Å². The second kappa shape index (κ2) is 13.6. The monoisotopic (exact) mass is 401 g/mol. The van der Waals surface area contributed by atoms with E-state index in [0.717, 1.165) is 50.6 Å². The van der Waals surface area contributed by atoms with Gasteiger partial charge in [0.05, 0.1) is 18.2 Å². The molecule has 0 atom stereocenters. The van der Waals surface area contributed by atoms with E-state index in [1.807, 2.05) is 30.3 Å². The zero-order chi connectivity index (χ0) is 20.0. The van der Waals surface area contributed by atoms with Gasteiger partial charge in [0, 0.05) is 25.5 Å². The van der Waals surface area contributed by atoms with E-state index in [2.05, 4.69) is 47.3 Å². The Kier molecular flexibility index (Phi) is 11.0. The van der Waals surface area contributed by atoms with Gasteiger partial charge in [0.15, 0.2) is 0 Å². The number of imidazole rings is 1. The SMILES string of the molecule is C=C/C=C\C(C)=C(\C)C/C(=C/CCCNSCC1CCOCC1)c1cnc[nH]1. The van der Waals surface area contributed by atoms with Crippen LogP contribution in [-0.4, -0.2) is 35.5 Å². The van der Waals surface area contributed by atoms with E-state index in [4.69, 9.17) is 4.74 Å². The molecule has 154 valence electrons. The predicted molar refractivity (Wildman–Crippen MR) is 122 cm³/mol. The smallest absolute Gasteiger partial charge is 0.0924 e. The van der Waals surface area contributed by atoms with Gasteiger partial charge < -0.3 is 9.72 Å². The van der Waals surface area contributed by atoms with Crippen molar-refractivity contribution in [2.45, 2.75) is 46.0 Å². The molecular weight excluding hydrogens is 366 g/mol. The van der Waals surface area contributed by atoms with E-state index >= 15 is 0 Å². The van der Waals surface area contributed by atoms with E-state index in [1.54, 1.807) is 6.33 Å². The third-order valence-electron chi connectivity index (χ3n) is 5.09. The summed E-state index contributed by atoms with van der Waals surface area (Å²) in [6, 6.07) is 0. The number of aromatic nitrogens is 2. The van der Waals surface area contributed by atoms with Gasteiger partial charge >= 0.3 is 0 Å².